The molecule has 1 aliphatic heterocycles. The largest absolute Gasteiger partial charge is 0.367 e. The SMILES string of the molecule is CC.CC(C)n1cc(-c2ccc3ncc(-c4cccc(NC5CC6(CCNC6)C5)n4)n3n2)cn1. The third-order valence-corrected chi connectivity index (χ3v) is 6.84. The van der Waals surface area contributed by atoms with Crippen molar-refractivity contribution in [3.63, 3.8) is 0 Å². The Balaban J connectivity index is 0.00000117. The van der Waals surface area contributed by atoms with Crippen LogP contribution in [0.15, 0.2) is 48.9 Å². The van der Waals surface area contributed by atoms with Gasteiger partial charge in [-0.25, -0.2) is 14.5 Å². The molecule has 1 saturated heterocycles. The molecule has 1 saturated carbocycles. The van der Waals surface area contributed by atoms with Crippen LogP contribution in [-0.2, 0) is 0 Å². The summed E-state index contributed by atoms with van der Waals surface area (Å²) in [4.78, 5) is 9.43. The van der Waals surface area contributed by atoms with Crippen LogP contribution in [0.2, 0.25) is 0 Å². The maximum absolute atomic E-state index is 4.89. The van der Waals surface area contributed by atoms with E-state index in [0.29, 0.717) is 17.5 Å². The van der Waals surface area contributed by atoms with Gasteiger partial charge in [0.2, 0.25) is 0 Å². The maximum atomic E-state index is 4.89. The molecule has 0 aromatic carbocycles. The Bertz CT molecular complexity index is 1260. The van der Waals surface area contributed by atoms with E-state index in [2.05, 4.69) is 34.6 Å². The third kappa shape index (κ3) is 4.18. The minimum absolute atomic E-state index is 0.311. The molecule has 0 unspecified atom stereocenters. The van der Waals surface area contributed by atoms with Gasteiger partial charge in [-0.05, 0) is 69.3 Å². The molecule has 2 fully saturated rings. The number of pyridine rings is 1. The second kappa shape index (κ2) is 9.18. The fraction of sp³-hybridized carbons (Fsp3) is 0.462. The molecule has 1 spiro atoms. The van der Waals surface area contributed by atoms with Crippen molar-refractivity contribution in [1.29, 1.82) is 0 Å². The predicted molar refractivity (Wildman–Crippen MR) is 136 cm³/mol. The van der Waals surface area contributed by atoms with Crippen LogP contribution < -0.4 is 10.6 Å². The Morgan fingerprint density at radius 3 is 2.68 bits per heavy atom. The minimum atomic E-state index is 0.311. The van der Waals surface area contributed by atoms with E-state index in [1.807, 2.05) is 72.0 Å². The molecule has 0 amide bonds. The van der Waals surface area contributed by atoms with Gasteiger partial charge in [0, 0.05) is 30.4 Å². The first-order valence-electron chi connectivity index (χ1n) is 12.4. The second-order valence-corrected chi connectivity index (χ2v) is 9.52. The molecule has 4 aromatic rings. The molecule has 8 nitrogen and oxygen atoms in total. The summed E-state index contributed by atoms with van der Waals surface area (Å²) >= 11 is 0. The van der Waals surface area contributed by atoms with Crippen molar-refractivity contribution in [3.8, 4) is 22.6 Å². The Morgan fingerprint density at radius 2 is 1.94 bits per heavy atom. The van der Waals surface area contributed by atoms with Crippen molar-refractivity contribution in [2.45, 2.75) is 59.0 Å². The summed E-state index contributed by atoms with van der Waals surface area (Å²) in [6, 6.07) is 10.9. The summed E-state index contributed by atoms with van der Waals surface area (Å²) in [6.07, 6.45) is 9.47. The lowest BCUT2D eigenvalue weighted by Crippen LogP contribution is -2.46. The van der Waals surface area contributed by atoms with Crippen LogP contribution in [0.1, 0.15) is 53.0 Å². The number of anilines is 1. The summed E-state index contributed by atoms with van der Waals surface area (Å²) in [6.45, 7) is 10.5. The summed E-state index contributed by atoms with van der Waals surface area (Å²) < 4.78 is 3.82. The third-order valence-electron chi connectivity index (χ3n) is 6.84. The van der Waals surface area contributed by atoms with Crippen molar-refractivity contribution < 1.29 is 0 Å². The monoisotopic (exact) mass is 458 g/mol. The van der Waals surface area contributed by atoms with Crippen molar-refractivity contribution in [3.05, 3.63) is 48.9 Å². The van der Waals surface area contributed by atoms with Gasteiger partial charge in [0.05, 0.1) is 23.8 Å². The van der Waals surface area contributed by atoms with Crippen LogP contribution in [0.4, 0.5) is 5.82 Å². The van der Waals surface area contributed by atoms with Crippen molar-refractivity contribution in [1.82, 2.24) is 34.7 Å². The fourth-order valence-electron chi connectivity index (χ4n) is 5.05. The zero-order valence-electron chi connectivity index (χ0n) is 20.5. The highest BCUT2D eigenvalue weighted by Gasteiger charge is 2.45. The van der Waals surface area contributed by atoms with Gasteiger partial charge in [0.15, 0.2) is 5.65 Å². The average Bonchev–Trinajstić information content (AvgIpc) is 3.59. The average molecular weight is 459 g/mol. The van der Waals surface area contributed by atoms with Crippen LogP contribution >= 0.6 is 0 Å². The fourth-order valence-corrected chi connectivity index (χ4v) is 5.05. The van der Waals surface area contributed by atoms with Gasteiger partial charge in [0.25, 0.3) is 0 Å². The van der Waals surface area contributed by atoms with E-state index >= 15 is 0 Å². The van der Waals surface area contributed by atoms with Gasteiger partial charge in [-0.15, -0.1) is 0 Å². The molecule has 0 radical (unpaired) electrons. The molecule has 1 aliphatic carbocycles. The standard InChI is InChI=1S/C24H28N8.C2H6/c1-16(2)31-14-17(12-27-31)19-6-7-23-26-13-21(32(23)30-19)20-4-3-5-22(29-20)28-18-10-24(11-18)8-9-25-15-24;1-2/h3-7,12-14,16,18,25H,8-11,15H2,1-2H3,(H,28,29);1-2H3. The summed E-state index contributed by atoms with van der Waals surface area (Å²) in [7, 11) is 0. The maximum Gasteiger partial charge on any atom is 0.154 e. The Hall–Kier alpha value is -3.26. The number of imidazole rings is 1. The van der Waals surface area contributed by atoms with Crippen LogP contribution in [-0.4, -0.2) is 48.5 Å². The van der Waals surface area contributed by atoms with Crippen molar-refractivity contribution in [2.75, 3.05) is 18.4 Å². The van der Waals surface area contributed by atoms with E-state index in [1.54, 1.807) is 0 Å². The zero-order chi connectivity index (χ0) is 23.7. The highest BCUT2D eigenvalue weighted by molar-refractivity contribution is 5.64. The van der Waals surface area contributed by atoms with Gasteiger partial charge in [-0.1, -0.05) is 19.9 Å². The number of rotatable bonds is 5. The molecule has 2 N–H and O–H groups in total. The molecular weight excluding hydrogens is 424 g/mol. The molecule has 5 heterocycles. The first-order chi connectivity index (χ1) is 16.6. The number of aromatic nitrogens is 6. The summed E-state index contributed by atoms with van der Waals surface area (Å²) in [5.74, 6) is 0.914. The molecule has 0 bridgehead atoms. The quantitative estimate of drug-likeness (QED) is 0.446. The molecule has 178 valence electrons. The topological polar surface area (TPSA) is 85.0 Å². The first-order valence-corrected chi connectivity index (χ1v) is 12.4. The molecule has 8 heteroatoms. The lowest BCUT2D eigenvalue weighted by atomic mass is 9.65. The number of fused-ring (bicyclic) bond motifs is 1. The summed E-state index contributed by atoms with van der Waals surface area (Å²) in [5.41, 5.74) is 4.91. The lowest BCUT2D eigenvalue weighted by Gasteiger charge is -2.45. The van der Waals surface area contributed by atoms with Crippen molar-refractivity contribution >= 4 is 11.5 Å². The van der Waals surface area contributed by atoms with E-state index < -0.39 is 0 Å². The van der Waals surface area contributed by atoms with E-state index in [-0.39, 0.29) is 0 Å². The Morgan fingerprint density at radius 1 is 1.09 bits per heavy atom. The van der Waals surface area contributed by atoms with E-state index in [1.165, 1.54) is 19.3 Å². The number of hydrogen-bond acceptors (Lipinski definition) is 6. The van der Waals surface area contributed by atoms with E-state index in [9.17, 15) is 0 Å². The molecular formula is C26H34N8. The van der Waals surface area contributed by atoms with Crippen molar-refractivity contribution in [2.24, 2.45) is 5.41 Å². The van der Waals surface area contributed by atoms with E-state index in [4.69, 9.17) is 10.1 Å². The Kier molecular flexibility index (Phi) is 6.08. The smallest absolute Gasteiger partial charge is 0.154 e. The normalized spacial score (nSPS) is 21.5. The lowest BCUT2D eigenvalue weighted by molar-refractivity contribution is 0.141. The van der Waals surface area contributed by atoms with Gasteiger partial charge in [-0.3, -0.25) is 4.68 Å². The number of nitrogens with zero attached hydrogens (tertiary/aromatic N) is 6. The van der Waals surface area contributed by atoms with Crippen LogP contribution in [0.3, 0.4) is 0 Å². The highest BCUT2D eigenvalue weighted by Crippen LogP contribution is 2.46. The zero-order valence-corrected chi connectivity index (χ0v) is 20.5. The van der Waals surface area contributed by atoms with Gasteiger partial charge >= 0.3 is 0 Å². The van der Waals surface area contributed by atoms with Gasteiger partial charge < -0.3 is 10.6 Å². The van der Waals surface area contributed by atoms with Crippen LogP contribution in [0.5, 0.6) is 0 Å². The van der Waals surface area contributed by atoms with Crippen LogP contribution in [0.25, 0.3) is 28.3 Å². The molecule has 4 aromatic heterocycles. The minimum Gasteiger partial charge on any atom is -0.367 e. The number of nitrogens with one attached hydrogen (secondary N) is 2. The Labute approximate surface area is 200 Å². The predicted octanol–water partition coefficient (Wildman–Crippen LogP) is 4.82. The first kappa shape index (κ1) is 22.5. The van der Waals surface area contributed by atoms with Crippen LogP contribution in [0, 0.1) is 5.41 Å². The molecule has 0 atom stereocenters. The molecule has 34 heavy (non-hydrogen) atoms. The number of hydrogen-bond donors (Lipinski definition) is 2. The van der Waals surface area contributed by atoms with E-state index in [0.717, 1.165) is 47.2 Å². The summed E-state index contributed by atoms with van der Waals surface area (Å²) in [5, 5.41) is 16.4. The van der Waals surface area contributed by atoms with Gasteiger partial charge in [0.1, 0.15) is 11.5 Å². The molecule has 6 rings (SSSR count). The highest BCUT2D eigenvalue weighted by atomic mass is 15.3. The van der Waals surface area contributed by atoms with Gasteiger partial charge in [-0.2, -0.15) is 10.2 Å². The second-order valence-electron chi connectivity index (χ2n) is 9.52. The molecule has 2 aliphatic rings.